The number of esters is 1. The fourth-order valence-corrected chi connectivity index (χ4v) is 3.24. The zero-order valence-electron chi connectivity index (χ0n) is 15.0. The summed E-state index contributed by atoms with van der Waals surface area (Å²) in [6.45, 7) is 2.32. The summed E-state index contributed by atoms with van der Waals surface area (Å²) in [7, 11) is 0. The van der Waals surface area contributed by atoms with Crippen molar-refractivity contribution in [1.82, 2.24) is 4.57 Å². The van der Waals surface area contributed by atoms with Crippen LogP contribution in [-0.4, -0.2) is 23.1 Å². The minimum absolute atomic E-state index is 0.139. The van der Waals surface area contributed by atoms with Gasteiger partial charge in [0.2, 0.25) is 0 Å². The number of hydrogen-bond donors (Lipinski definition) is 0. The minimum Gasteiger partial charge on any atom is -0.455 e. The number of aryl methyl sites for hydroxylation is 1. The zero-order valence-corrected chi connectivity index (χ0v) is 15.8. The number of benzene rings is 2. The monoisotopic (exact) mass is 380 g/mol. The number of hydrogen-bond acceptors (Lipinski definition) is 4. The number of nitrogens with zero attached hydrogens (tertiary/aromatic N) is 2. The largest absolute Gasteiger partial charge is 0.455 e. The van der Waals surface area contributed by atoms with Crippen molar-refractivity contribution in [2.45, 2.75) is 19.9 Å². The van der Waals surface area contributed by atoms with E-state index in [1.165, 1.54) is 16.9 Å². The van der Waals surface area contributed by atoms with Gasteiger partial charge >= 0.3 is 5.97 Å². The van der Waals surface area contributed by atoms with Crippen molar-refractivity contribution in [3.8, 4) is 0 Å². The van der Waals surface area contributed by atoms with E-state index in [1.807, 2.05) is 53.4 Å². The Morgan fingerprint density at radius 1 is 1.04 bits per heavy atom. The van der Waals surface area contributed by atoms with E-state index in [9.17, 15) is 9.59 Å². The molecule has 3 aromatic rings. The van der Waals surface area contributed by atoms with Gasteiger partial charge in [-0.15, -0.1) is 11.3 Å². The number of amides is 1. The lowest BCUT2D eigenvalue weighted by Crippen LogP contribution is -2.20. The van der Waals surface area contributed by atoms with Gasteiger partial charge < -0.3 is 9.30 Å². The minimum atomic E-state index is -0.475. The summed E-state index contributed by atoms with van der Waals surface area (Å²) in [4.78, 5) is 28.6. The fourth-order valence-electron chi connectivity index (χ4n) is 2.49. The Labute approximate surface area is 161 Å². The van der Waals surface area contributed by atoms with Crippen molar-refractivity contribution in [2.24, 2.45) is 4.99 Å². The predicted molar refractivity (Wildman–Crippen MR) is 104 cm³/mol. The SMILES string of the molecule is Cc1ccc(Cn2ccsc2=NC(=O)COC(=O)Cc2ccccc2)cc1. The first-order chi connectivity index (χ1) is 13.1. The van der Waals surface area contributed by atoms with Crippen LogP contribution < -0.4 is 4.80 Å². The number of thiazole rings is 1. The van der Waals surface area contributed by atoms with Gasteiger partial charge in [-0.25, -0.2) is 0 Å². The molecular weight excluding hydrogens is 360 g/mol. The Kier molecular flexibility index (Phi) is 6.33. The highest BCUT2D eigenvalue weighted by Crippen LogP contribution is 2.05. The van der Waals surface area contributed by atoms with Gasteiger partial charge in [0.25, 0.3) is 5.91 Å². The van der Waals surface area contributed by atoms with Crippen LogP contribution in [0.25, 0.3) is 0 Å². The molecule has 27 heavy (non-hydrogen) atoms. The van der Waals surface area contributed by atoms with Crippen molar-refractivity contribution < 1.29 is 14.3 Å². The smallest absolute Gasteiger partial charge is 0.310 e. The van der Waals surface area contributed by atoms with E-state index in [1.54, 1.807) is 0 Å². The van der Waals surface area contributed by atoms with Crippen LogP contribution in [0.1, 0.15) is 16.7 Å². The van der Waals surface area contributed by atoms with Crippen molar-refractivity contribution in [1.29, 1.82) is 0 Å². The summed E-state index contributed by atoms with van der Waals surface area (Å²) in [6, 6.07) is 17.5. The van der Waals surface area contributed by atoms with E-state index >= 15 is 0 Å². The standard InChI is InChI=1S/C21H20N2O3S/c1-16-7-9-18(10-8-16)14-23-11-12-27-21(23)22-19(24)15-26-20(25)13-17-5-3-2-4-6-17/h2-12H,13-15H2,1H3. The van der Waals surface area contributed by atoms with Gasteiger partial charge in [-0.05, 0) is 18.1 Å². The Morgan fingerprint density at radius 3 is 2.52 bits per heavy atom. The van der Waals surface area contributed by atoms with Gasteiger partial charge in [0.05, 0.1) is 6.42 Å². The number of ether oxygens (including phenoxy) is 1. The molecule has 0 saturated heterocycles. The van der Waals surface area contributed by atoms with E-state index in [4.69, 9.17) is 4.74 Å². The Morgan fingerprint density at radius 2 is 1.78 bits per heavy atom. The quantitative estimate of drug-likeness (QED) is 0.618. The number of carbonyl (C=O) groups is 2. The maximum Gasteiger partial charge on any atom is 0.310 e. The van der Waals surface area contributed by atoms with Gasteiger partial charge in [0.15, 0.2) is 11.4 Å². The molecule has 0 atom stereocenters. The first-order valence-corrected chi connectivity index (χ1v) is 9.45. The topological polar surface area (TPSA) is 60.7 Å². The van der Waals surface area contributed by atoms with Crippen molar-refractivity contribution in [3.05, 3.63) is 87.7 Å². The lowest BCUT2D eigenvalue weighted by Gasteiger charge is -2.04. The second-order valence-electron chi connectivity index (χ2n) is 6.13. The number of carbonyl (C=O) groups excluding carboxylic acids is 2. The summed E-state index contributed by atoms with van der Waals surface area (Å²) in [6.07, 6.45) is 2.03. The van der Waals surface area contributed by atoms with Crippen LogP contribution in [0.5, 0.6) is 0 Å². The van der Waals surface area contributed by atoms with Crippen LogP contribution in [0.3, 0.4) is 0 Å². The lowest BCUT2D eigenvalue weighted by atomic mass is 10.1. The van der Waals surface area contributed by atoms with E-state index in [0.29, 0.717) is 11.3 Å². The molecule has 0 aliphatic heterocycles. The molecule has 0 aliphatic carbocycles. The Bertz CT molecular complexity index is 972. The Balaban J connectivity index is 1.58. The number of aromatic nitrogens is 1. The lowest BCUT2D eigenvalue weighted by molar-refractivity contribution is -0.147. The van der Waals surface area contributed by atoms with Crippen molar-refractivity contribution in [3.63, 3.8) is 0 Å². The van der Waals surface area contributed by atoms with Gasteiger partial charge in [-0.2, -0.15) is 4.99 Å². The second kappa shape index (κ2) is 9.09. The molecule has 5 nitrogen and oxygen atoms in total. The number of rotatable bonds is 6. The average Bonchev–Trinajstić information content (AvgIpc) is 3.09. The van der Waals surface area contributed by atoms with E-state index < -0.39 is 11.9 Å². The van der Waals surface area contributed by atoms with Gasteiger partial charge in [-0.1, -0.05) is 60.2 Å². The van der Waals surface area contributed by atoms with Crippen molar-refractivity contribution in [2.75, 3.05) is 6.61 Å². The van der Waals surface area contributed by atoms with Crippen LogP contribution in [-0.2, 0) is 27.3 Å². The molecule has 0 aliphatic rings. The third-order valence-corrected chi connectivity index (χ3v) is 4.70. The highest BCUT2D eigenvalue weighted by molar-refractivity contribution is 7.07. The molecule has 2 aromatic carbocycles. The van der Waals surface area contributed by atoms with E-state index in [2.05, 4.69) is 29.3 Å². The van der Waals surface area contributed by atoms with Gasteiger partial charge in [0, 0.05) is 18.1 Å². The summed E-state index contributed by atoms with van der Waals surface area (Å²) < 4.78 is 6.94. The van der Waals surface area contributed by atoms with Crippen molar-refractivity contribution >= 4 is 23.2 Å². The molecule has 0 N–H and O–H groups in total. The second-order valence-corrected chi connectivity index (χ2v) is 7.00. The third-order valence-electron chi connectivity index (χ3n) is 3.90. The highest BCUT2D eigenvalue weighted by Gasteiger charge is 2.08. The first-order valence-electron chi connectivity index (χ1n) is 8.57. The third kappa shape index (κ3) is 5.76. The molecule has 3 rings (SSSR count). The Hall–Kier alpha value is -2.99. The van der Waals surface area contributed by atoms with E-state index in [-0.39, 0.29) is 13.0 Å². The van der Waals surface area contributed by atoms with Crippen LogP contribution in [0, 0.1) is 6.92 Å². The first kappa shape index (κ1) is 18.8. The zero-order chi connectivity index (χ0) is 19.1. The molecule has 6 heteroatoms. The summed E-state index contributed by atoms with van der Waals surface area (Å²) >= 11 is 1.37. The summed E-state index contributed by atoms with van der Waals surface area (Å²) in [5.41, 5.74) is 3.18. The molecule has 0 spiro atoms. The summed E-state index contributed by atoms with van der Waals surface area (Å²) in [5, 5.41) is 1.88. The molecule has 138 valence electrons. The predicted octanol–water partition coefficient (Wildman–Crippen LogP) is 3.12. The molecule has 1 heterocycles. The molecule has 0 radical (unpaired) electrons. The average molecular weight is 380 g/mol. The molecule has 0 unspecified atom stereocenters. The maximum atomic E-state index is 12.1. The molecule has 1 aromatic heterocycles. The van der Waals surface area contributed by atoms with Crippen LogP contribution in [0.4, 0.5) is 0 Å². The molecule has 0 bridgehead atoms. The molecule has 0 fully saturated rings. The van der Waals surface area contributed by atoms with Crippen LogP contribution in [0.2, 0.25) is 0 Å². The maximum absolute atomic E-state index is 12.1. The normalized spacial score (nSPS) is 11.4. The molecule has 0 saturated carbocycles. The van der Waals surface area contributed by atoms with Gasteiger partial charge in [0.1, 0.15) is 0 Å². The molecular formula is C21H20N2O3S. The fraction of sp³-hybridized carbons (Fsp3) is 0.190. The van der Waals surface area contributed by atoms with Crippen LogP contribution >= 0.6 is 11.3 Å². The summed E-state index contributed by atoms with van der Waals surface area (Å²) in [5.74, 6) is -0.917. The molecule has 1 amide bonds. The van der Waals surface area contributed by atoms with Gasteiger partial charge in [-0.3, -0.25) is 9.59 Å². The van der Waals surface area contributed by atoms with E-state index in [0.717, 1.165) is 11.1 Å². The van der Waals surface area contributed by atoms with Crippen LogP contribution in [0.15, 0.2) is 71.2 Å². The highest BCUT2D eigenvalue weighted by atomic mass is 32.1.